The summed E-state index contributed by atoms with van der Waals surface area (Å²) < 4.78 is 8.84. The first-order chi connectivity index (χ1) is 11.7. The predicted octanol–water partition coefficient (Wildman–Crippen LogP) is 4.32. The molecule has 0 saturated heterocycles. The summed E-state index contributed by atoms with van der Waals surface area (Å²) >= 11 is 3.49. The SMILES string of the molecule is Cn1c(NN=C2CCCOc3cc(Br)ccc32)nc2ccccc21. The first-order valence-electron chi connectivity index (χ1n) is 7.89. The lowest BCUT2D eigenvalue weighted by atomic mass is 10.1. The Hall–Kier alpha value is -2.34. The quantitative estimate of drug-likeness (QED) is 0.669. The molecule has 1 aromatic heterocycles. The number of hydrogen-bond acceptors (Lipinski definition) is 4. The monoisotopic (exact) mass is 384 g/mol. The summed E-state index contributed by atoms with van der Waals surface area (Å²) in [5, 5.41) is 4.63. The molecular weight excluding hydrogens is 368 g/mol. The zero-order valence-electron chi connectivity index (χ0n) is 13.3. The van der Waals surface area contributed by atoms with Crippen molar-refractivity contribution in [3.05, 3.63) is 52.5 Å². The number of nitrogens with zero attached hydrogens (tertiary/aromatic N) is 3. The number of nitrogens with one attached hydrogen (secondary N) is 1. The van der Waals surface area contributed by atoms with Gasteiger partial charge in [-0.05, 0) is 43.2 Å². The standard InChI is InChI=1S/C18H17BrN4O/c1-23-16-7-3-2-5-15(16)20-18(23)22-21-14-6-4-10-24-17-11-12(19)8-9-13(14)17/h2-3,5,7-9,11H,4,6,10H2,1H3,(H,20,22). The average Bonchev–Trinajstić information content (AvgIpc) is 2.78. The Morgan fingerprint density at radius 1 is 1.25 bits per heavy atom. The Morgan fingerprint density at radius 3 is 3.00 bits per heavy atom. The van der Waals surface area contributed by atoms with Crippen molar-refractivity contribution in [1.82, 2.24) is 9.55 Å². The van der Waals surface area contributed by atoms with Gasteiger partial charge in [-0.2, -0.15) is 5.10 Å². The first kappa shape index (κ1) is 15.2. The maximum atomic E-state index is 5.82. The first-order valence-corrected chi connectivity index (χ1v) is 8.68. The zero-order chi connectivity index (χ0) is 16.5. The topological polar surface area (TPSA) is 51.4 Å². The second kappa shape index (κ2) is 6.28. The van der Waals surface area contributed by atoms with E-state index in [0.717, 1.165) is 51.3 Å². The number of anilines is 1. The molecule has 24 heavy (non-hydrogen) atoms. The van der Waals surface area contributed by atoms with Gasteiger partial charge in [-0.25, -0.2) is 10.4 Å². The minimum absolute atomic E-state index is 0.703. The third-order valence-corrected chi connectivity index (χ3v) is 4.64. The van der Waals surface area contributed by atoms with Crippen LogP contribution in [0.2, 0.25) is 0 Å². The van der Waals surface area contributed by atoms with E-state index < -0.39 is 0 Å². The number of aryl methyl sites for hydroxylation is 1. The van der Waals surface area contributed by atoms with E-state index in [4.69, 9.17) is 4.74 Å². The van der Waals surface area contributed by atoms with Crippen LogP contribution in [0.4, 0.5) is 5.95 Å². The second-order valence-corrected chi connectivity index (χ2v) is 6.66. The van der Waals surface area contributed by atoms with Crippen molar-refractivity contribution < 1.29 is 4.74 Å². The molecule has 2 heterocycles. The number of rotatable bonds is 2. The maximum Gasteiger partial charge on any atom is 0.224 e. The third kappa shape index (κ3) is 2.78. The number of ether oxygens (including phenoxy) is 1. The van der Waals surface area contributed by atoms with Crippen LogP contribution >= 0.6 is 15.9 Å². The molecule has 1 aliphatic heterocycles. The van der Waals surface area contributed by atoms with Gasteiger partial charge < -0.3 is 9.30 Å². The Morgan fingerprint density at radius 2 is 2.12 bits per heavy atom. The molecule has 0 atom stereocenters. The van der Waals surface area contributed by atoms with Crippen molar-refractivity contribution in [1.29, 1.82) is 0 Å². The molecule has 0 bridgehead atoms. The van der Waals surface area contributed by atoms with Crippen molar-refractivity contribution in [2.75, 3.05) is 12.0 Å². The van der Waals surface area contributed by atoms with Crippen LogP contribution in [0, 0.1) is 0 Å². The highest BCUT2D eigenvalue weighted by Gasteiger charge is 2.16. The minimum atomic E-state index is 0.703. The molecule has 0 fully saturated rings. The van der Waals surface area contributed by atoms with Gasteiger partial charge in [0.15, 0.2) is 0 Å². The molecule has 1 N–H and O–H groups in total. The van der Waals surface area contributed by atoms with Gasteiger partial charge in [-0.1, -0.05) is 28.1 Å². The van der Waals surface area contributed by atoms with Crippen LogP contribution in [0.1, 0.15) is 18.4 Å². The molecular formula is C18H17BrN4O. The molecule has 5 nitrogen and oxygen atoms in total. The number of hydrogen-bond donors (Lipinski definition) is 1. The normalized spacial score (nSPS) is 15.8. The molecule has 2 aromatic carbocycles. The highest BCUT2D eigenvalue weighted by atomic mass is 79.9. The Labute approximate surface area is 148 Å². The van der Waals surface area contributed by atoms with Gasteiger partial charge in [0, 0.05) is 17.1 Å². The summed E-state index contributed by atoms with van der Waals surface area (Å²) in [5.41, 5.74) is 7.18. The lowest BCUT2D eigenvalue weighted by Gasteiger charge is -2.09. The van der Waals surface area contributed by atoms with Crippen LogP contribution < -0.4 is 10.2 Å². The largest absolute Gasteiger partial charge is 0.493 e. The molecule has 0 spiro atoms. The maximum absolute atomic E-state index is 5.82. The van der Waals surface area contributed by atoms with E-state index in [2.05, 4.69) is 31.4 Å². The van der Waals surface area contributed by atoms with Gasteiger partial charge in [0.1, 0.15) is 5.75 Å². The zero-order valence-corrected chi connectivity index (χ0v) is 14.9. The fraction of sp³-hybridized carbons (Fsp3) is 0.222. The predicted molar refractivity (Wildman–Crippen MR) is 99.7 cm³/mol. The lowest BCUT2D eigenvalue weighted by molar-refractivity contribution is 0.317. The Balaban J connectivity index is 1.69. The highest BCUT2D eigenvalue weighted by Crippen LogP contribution is 2.28. The molecule has 0 unspecified atom stereocenters. The van der Waals surface area contributed by atoms with Crippen LogP contribution in [0.3, 0.4) is 0 Å². The highest BCUT2D eigenvalue weighted by molar-refractivity contribution is 9.10. The van der Waals surface area contributed by atoms with Gasteiger partial charge in [-0.15, -0.1) is 0 Å². The van der Waals surface area contributed by atoms with Crippen LogP contribution in [-0.2, 0) is 7.05 Å². The number of fused-ring (bicyclic) bond motifs is 2. The molecule has 3 aromatic rings. The molecule has 122 valence electrons. The van der Waals surface area contributed by atoms with Crippen molar-refractivity contribution in [3.63, 3.8) is 0 Å². The van der Waals surface area contributed by atoms with Crippen LogP contribution in [0.25, 0.3) is 11.0 Å². The van der Waals surface area contributed by atoms with Gasteiger partial charge >= 0.3 is 0 Å². The van der Waals surface area contributed by atoms with Crippen LogP contribution in [0.15, 0.2) is 52.0 Å². The average molecular weight is 385 g/mol. The molecule has 0 aliphatic carbocycles. The number of para-hydroxylation sites is 2. The second-order valence-electron chi connectivity index (χ2n) is 5.75. The van der Waals surface area contributed by atoms with Gasteiger partial charge in [0.05, 0.1) is 23.4 Å². The van der Waals surface area contributed by atoms with Gasteiger partial charge in [0.2, 0.25) is 5.95 Å². The number of aromatic nitrogens is 2. The van der Waals surface area contributed by atoms with E-state index in [0.29, 0.717) is 6.61 Å². The number of benzene rings is 2. The lowest BCUT2D eigenvalue weighted by Crippen LogP contribution is -2.06. The van der Waals surface area contributed by atoms with E-state index in [1.54, 1.807) is 0 Å². The van der Waals surface area contributed by atoms with Crippen molar-refractivity contribution >= 4 is 38.6 Å². The molecule has 6 heteroatoms. The van der Waals surface area contributed by atoms with Crippen molar-refractivity contribution in [2.24, 2.45) is 12.1 Å². The number of halogens is 1. The van der Waals surface area contributed by atoms with Crippen molar-refractivity contribution in [2.45, 2.75) is 12.8 Å². The molecule has 4 rings (SSSR count). The van der Waals surface area contributed by atoms with E-state index in [1.807, 2.05) is 54.1 Å². The summed E-state index contributed by atoms with van der Waals surface area (Å²) in [6.07, 6.45) is 1.81. The molecule has 1 aliphatic rings. The minimum Gasteiger partial charge on any atom is -0.493 e. The Kier molecular flexibility index (Phi) is 3.98. The molecule has 0 radical (unpaired) electrons. The van der Waals surface area contributed by atoms with E-state index in [9.17, 15) is 0 Å². The summed E-state index contributed by atoms with van der Waals surface area (Å²) in [6, 6.07) is 14.1. The number of imidazole rings is 1. The molecule has 0 saturated carbocycles. The van der Waals surface area contributed by atoms with E-state index in [-0.39, 0.29) is 0 Å². The van der Waals surface area contributed by atoms with Gasteiger partial charge in [0.25, 0.3) is 0 Å². The molecule has 0 amide bonds. The van der Waals surface area contributed by atoms with Gasteiger partial charge in [-0.3, -0.25) is 0 Å². The van der Waals surface area contributed by atoms with Crippen molar-refractivity contribution in [3.8, 4) is 5.75 Å². The summed E-state index contributed by atoms with van der Waals surface area (Å²) in [7, 11) is 1.99. The van der Waals surface area contributed by atoms with E-state index in [1.165, 1.54) is 0 Å². The van der Waals surface area contributed by atoms with Crippen LogP contribution in [-0.4, -0.2) is 21.9 Å². The summed E-state index contributed by atoms with van der Waals surface area (Å²) in [6.45, 7) is 0.703. The smallest absolute Gasteiger partial charge is 0.224 e. The fourth-order valence-corrected chi connectivity index (χ4v) is 3.23. The van der Waals surface area contributed by atoms with Crippen LogP contribution in [0.5, 0.6) is 5.75 Å². The Bertz CT molecular complexity index is 932. The number of hydrazone groups is 1. The summed E-state index contributed by atoms with van der Waals surface area (Å²) in [4.78, 5) is 4.60. The fourth-order valence-electron chi connectivity index (χ4n) is 2.89. The van der Waals surface area contributed by atoms with E-state index >= 15 is 0 Å². The third-order valence-electron chi connectivity index (χ3n) is 4.15. The summed E-state index contributed by atoms with van der Waals surface area (Å²) in [5.74, 6) is 1.60.